The second-order valence-corrected chi connectivity index (χ2v) is 7.31. The molecule has 2 amide bonds. The minimum Gasteiger partial charge on any atom is -0.350 e. The predicted molar refractivity (Wildman–Crippen MR) is 120 cm³/mol. The molecule has 0 fully saturated rings. The number of amides is 2. The second-order valence-electron chi connectivity index (χ2n) is 7.31. The molecule has 0 spiro atoms. The normalized spacial score (nSPS) is 13.9. The first-order valence-electron chi connectivity index (χ1n) is 9.93. The fourth-order valence-electron chi connectivity index (χ4n) is 3.87. The summed E-state index contributed by atoms with van der Waals surface area (Å²) in [7, 11) is 0. The molecule has 4 aromatic rings. The van der Waals surface area contributed by atoms with Crippen LogP contribution < -0.4 is 10.2 Å². The molecule has 0 saturated heterocycles. The third kappa shape index (κ3) is 3.22. The van der Waals surface area contributed by atoms with Crippen molar-refractivity contribution in [3.63, 3.8) is 0 Å². The lowest BCUT2D eigenvalue weighted by Gasteiger charge is -2.16. The minimum absolute atomic E-state index is 0.0290. The van der Waals surface area contributed by atoms with Gasteiger partial charge >= 0.3 is 0 Å². The van der Waals surface area contributed by atoms with Crippen molar-refractivity contribution >= 4 is 39.5 Å². The first kappa shape index (κ1) is 19.6. The van der Waals surface area contributed by atoms with Gasteiger partial charge in [0, 0.05) is 17.1 Å². The molecule has 0 aliphatic carbocycles. The molecular weight excluding hydrogens is 410 g/mol. The standard InChI is InChI=1S/C26H16F2N2O2/c27-18-13-14-22(20(28)15-18)30-25(31)23(17-8-2-1-3-9-17)24(26(30)32)29-21-12-6-10-16-7-4-5-11-19(16)21/h1-15,29H. The number of imide groups is 1. The van der Waals surface area contributed by atoms with Crippen LogP contribution in [-0.4, -0.2) is 11.8 Å². The molecule has 4 aromatic carbocycles. The Bertz CT molecular complexity index is 1410. The maximum atomic E-state index is 14.5. The van der Waals surface area contributed by atoms with Gasteiger partial charge in [0.05, 0.1) is 11.3 Å². The zero-order valence-electron chi connectivity index (χ0n) is 16.7. The molecule has 1 heterocycles. The molecule has 0 unspecified atom stereocenters. The number of nitrogens with one attached hydrogen (secondary N) is 1. The number of anilines is 2. The summed E-state index contributed by atoms with van der Waals surface area (Å²) in [5.74, 6) is -3.19. The van der Waals surface area contributed by atoms with Gasteiger partial charge in [-0.1, -0.05) is 66.7 Å². The van der Waals surface area contributed by atoms with Crippen LogP contribution in [0.15, 0.2) is 96.7 Å². The number of halogens is 2. The first-order chi connectivity index (χ1) is 15.5. The minimum atomic E-state index is -0.995. The molecule has 1 aliphatic rings. The molecule has 32 heavy (non-hydrogen) atoms. The maximum absolute atomic E-state index is 14.5. The molecule has 5 rings (SSSR count). The van der Waals surface area contributed by atoms with Crippen molar-refractivity contribution in [3.05, 3.63) is 114 Å². The quantitative estimate of drug-likeness (QED) is 0.438. The number of carbonyl (C=O) groups excluding carboxylic acids is 2. The van der Waals surface area contributed by atoms with E-state index >= 15 is 0 Å². The van der Waals surface area contributed by atoms with Crippen LogP contribution in [0.1, 0.15) is 5.56 Å². The lowest BCUT2D eigenvalue weighted by molar-refractivity contribution is -0.120. The van der Waals surface area contributed by atoms with E-state index in [4.69, 9.17) is 0 Å². The van der Waals surface area contributed by atoms with Crippen molar-refractivity contribution in [2.75, 3.05) is 10.2 Å². The van der Waals surface area contributed by atoms with Crippen molar-refractivity contribution in [2.24, 2.45) is 0 Å². The monoisotopic (exact) mass is 426 g/mol. The van der Waals surface area contributed by atoms with Gasteiger partial charge in [-0.3, -0.25) is 9.59 Å². The van der Waals surface area contributed by atoms with Crippen LogP contribution in [0.5, 0.6) is 0 Å². The van der Waals surface area contributed by atoms with Gasteiger partial charge in [0.1, 0.15) is 17.3 Å². The lowest BCUT2D eigenvalue weighted by Crippen LogP contribution is -2.33. The maximum Gasteiger partial charge on any atom is 0.282 e. The highest BCUT2D eigenvalue weighted by Crippen LogP contribution is 2.36. The van der Waals surface area contributed by atoms with E-state index in [2.05, 4.69) is 5.32 Å². The van der Waals surface area contributed by atoms with Gasteiger partial charge in [-0.05, 0) is 29.1 Å². The largest absolute Gasteiger partial charge is 0.350 e. The first-order valence-corrected chi connectivity index (χ1v) is 9.93. The Labute approximate surface area is 182 Å². The van der Waals surface area contributed by atoms with Crippen LogP contribution in [0.25, 0.3) is 16.3 Å². The van der Waals surface area contributed by atoms with E-state index in [9.17, 15) is 18.4 Å². The highest BCUT2D eigenvalue weighted by atomic mass is 19.1. The van der Waals surface area contributed by atoms with Gasteiger partial charge in [-0.25, -0.2) is 13.7 Å². The second kappa shape index (κ2) is 7.74. The van der Waals surface area contributed by atoms with E-state index in [0.717, 1.165) is 27.8 Å². The van der Waals surface area contributed by atoms with Gasteiger partial charge in [0.2, 0.25) is 0 Å². The van der Waals surface area contributed by atoms with Gasteiger partial charge in [-0.2, -0.15) is 0 Å². The molecule has 1 aliphatic heterocycles. The van der Waals surface area contributed by atoms with E-state index in [1.165, 1.54) is 0 Å². The van der Waals surface area contributed by atoms with Gasteiger partial charge in [0.15, 0.2) is 0 Å². The van der Waals surface area contributed by atoms with Crippen molar-refractivity contribution in [1.29, 1.82) is 0 Å². The van der Waals surface area contributed by atoms with E-state index in [-0.39, 0.29) is 17.0 Å². The molecule has 156 valence electrons. The van der Waals surface area contributed by atoms with Gasteiger partial charge in [-0.15, -0.1) is 0 Å². The van der Waals surface area contributed by atoms with Crippen LogP contribution in [0.2, 0.25) is 0 Å². The number of rotatable bonds is 4. The SMILES string of the molecule is O=C1C(Nc2cccc3ccccc23)=C(c2ccccc2)C(=O)N1c1ccc(F)cc1F. The summed E-state index contributed by atoms with van der Waals surface area (Å²) >= 11 is 0. The number of hydrogen-bond donors (Lipinski definition) is 1. The fourth-order valence-corrected chi connectivity index (χ4v) is 3.87. The van der Waals surface area contributed by atoms with Crippen molar-refractivity contribution in [3.8, 4) is 0 Å². The lowest BCUT2D eigenvalue weighted by atomic mass is 10.0. The number of carbonyl (C=O) groups is 2. The highest BCUT2D eigenvalue weighted by Gasteiger charge is 2.41. The summed E-state index contributed by atoms with van der Waals surface area (Å²) in [6.07, 6.45) is 0. The molecule has 0 bridgehead atoms. The number of benzene rings is 4. The highest BCUT2D eigenvalue weighted by molar-refractivity contribution is 6.46. The van der Waals surface area contributed by atoms with Crippen LogP contribution >= 0.6 is 0 Å². The molecule has 0 saturated carbocycles. The Kier molecular flexibility index (Phi) is 4.75. The Morgan fingerprint density at radius 3 is 2.22 bits per heavy atom. The molecule has 4 nitrogen and oxygen atoms in total. The van der Waals surface area contributed by atoms with E-state index < -0.39 is 23.4 Å². The molecule has 1 N–H and O–H groups in total. The number of nitrogens with zero attached hydrogens (tertiary/aromatic N) is 1. The van der Waals surface area contributed by atoms with E-state index in [1.807, 2.05) is 36.4 Å². The molecule has 0 atom stereocenters. The summed E-state index contributed by atoms with van der Waals surface area (Å²) in [4.78, 5) is 27.5. The van der Waals surface area contributed by atoms with Crippen LogP contribution in [0.3, 0.4) is 0 Å². The summed E-state index contributed by atoms with van der Waals surface area (Å²) in [6, 6.07) is 24.6. The Morgan fingerprint density at radius 2 is 1.44 bits per heavy atom. The third-order valence-electron chi connectivity index (χ3n) is 5.35. The van der Waals surface area contributed by atoms with Crippen LogP contribution in [-0.2, 0) is 9.59 Å². The van der Waals surface area contributed by atoms with Crippen LogP contribution in [0.4, 0.5) is 20.2 Å². The Balaban J connectivity index is 1.67. The summed E-state index contributed by atoms with van der Waals surface area (Å²) in [5, 5.41) is 4.93. The topological polar surface area (TPSA) is 49.4 Å². The number of fused-ring (bicyclic) bond motifs is 1. The van der Waals surface area contributed by atoms with E-state index in [0.29, 0.717) is 17.3 Å². The summed E-state index contributed by atoms with van der Waals surface area (Å²) < 4.78 is 27.9. The zero-order valence-corrected chi connectivity index (χ0v) is 16.7. The van der Waals surface area contributed by atoms with Crippen molar-refractivity contribution in [2.45, 2.75) is 0 Å². The van der Waals surface area contributed by atoms with Crippen LogP contribution in [0, 0.1) is 11.6 Å². The Morgan fingerprint density at radius 1 is 0.719 bits per heavy atom. The van der Waals surface area contributed by atoms with Crippen molar-refractivity contribution < 1.29 is 18.4 Å². The van der Waals surface area contributed by atoms with Crippen molar-refractivity contribution in [1.82, 2.24) is 0 Å². The average Bonchev–Trinajstić information content (AvgIpc) is 3.04. The molecule has 6 heteroatoms. The van der Waals surface area contributed by atoms with Gasteiger partial charge in [0.25, 0.3) is 11.8 Å². The van der Waals surface area contributed by atoms with Gasteiger partial charge < -0.3 is 5.32 Å². The third-order valence-corrected chi connectivity index (χ3v) is 5.35. The zero-order chi connectivity index (χ0) is 22.2. The summed E-state index contributed by atoms with van der Waals surface area (Å²) in [6.45, 7) is 0. The smallest absolute Gasteiger partial charge is 0.282 e. The summed E-state index contributed by atoms with van der Waals surface area (Å²) in [5.41, 5.74) is 0.991. The fraction of sp³-hybridized carbons (Fsp3) is 0. The average molecular weight is 426 g/mol. The molecular formula is C26H16F2N2O2. The molecule has 0 radical (unpaired) electrons. The number of hydrogen-bond acceptors (Lipinski definition) is 3. The van der Waals surface area contributed by atoms with E-state index in [1.54, 1.807) is 36.4 Å². The Hall–Kier alpha value is -4.32. The molecule has 0 aromatic heterocycles. The predicted octanol–water partition coefficient (Wildman–Crippen LogP) is 5.51.